The molecule has 2 aliphatic heterocycles. The van der Waals surface area contributed by atoms with Crippen LogP contribution >= 0.6 is 0 Å². The van der Waals surface area contributed by atoms with Gasteiger partial charge in [0.15, 0.2) is 0 Å². The Morgan fingerprint density at radius 2 is 1.05 bits per heavy atom. The Kier molecular flexibility index (Phi) is 4.54. The first-order valence-electron chi connectivity index (χ1n) is 12.9. The Morgan fingerprint density at radius 1 is 0.514 bits per heavy atom. The third kappa shape index (κ3) is 3.07. The number of fused-ring (bicyclic) bond motifs is 4. The van der Waals surface area contributed by atoms with Crippen LogP contribution in [0, 0.1) is 0 Å². The highest BCUT2D eigenvalue weighted by atomic mass is 15.2. The van der Waals surface area contributed by atoms with Crippen molar-refractivity contribution >= 4 is 17.1 Å². The lowest BCUT2D eigenvalue weighted by molar-refractivity contribution is 0.598. The summed E-state index contributed by atoms with van der Waals surface area (Å²) in [5.41, 5.74) is 13.1. The van der Waals surface area contributed by atoms with Crippen LogP contribution in [0.1, 0.15) is 49.9 Å². The minimum absolute atomic E-state index is 0.149. The zero-order valence-corrected chi connectivity index (χ0v) is 21.7. The largest absolute Gasteiger partial charge is 0.309 e. The van der Waals surface area contributed by atoms with Gasteiger partial charge < -0.3 is 4.90 Å². The van der Waals surface area contributed by atoms with Crippen LogP contribution in [0.3, 0.4) is 0 Å². The summed E-state index contributed by atoms with van der Waals surface area (Å²) in [6.07, 6.45) is 3.75. The number of pyridine rings is 2. The molecule has 0 unspecified atom stereocenters. The van der Waals surface area contributed by atoms with E-state index in [9.17, 15) is 0 Å². The molecule has 0 radical (unpaired) electrons. The van der Waals surface area contributed by atoms with Gasteiger partial charge in [0.25, 0.3) is 0 Å². The molecule has 3 nitrogen and oxygen atoms in total. The zero-order chi connectivity index (χ0) is 25.4. The van der Waals surface area contributed by atoms with Gasteiger partial charge in [0.2, 0.25) is 0 Å². The van der Waals surface area contributed by atoms with Gasteiger partial charge in [0.05, 0.1) is 28.5 Å². The standard InChI is InChI=1S/C34H29N3/c1-33(2)24-11-5-6-14-30(24)37-31-16-15-22(28-12-7-9-17-35-28)19-25(31)34(3,4)27-21-23(20-26(33)32(27)37)29-13-8-10-18-36-29/h5-21H,1-4H3. The van der Waals surface area contributed by atoms with E-state index >= 15 is 0 Å². The smallest absolute Gasteiger partial charge is 0.0702 e. The number of benzene rings is 3. The second kappa shape index (κ2) is 7.63. The molecular formula is C34H29N3. The van der Waals surface area contributed by atoms with Crippen molar-refractivity contribution in [2.45, 2.75) is 38.5 Å². The molecule has 0 saturated heterocycles. The average Bonchev–Trinajstić information content (AvgIpc) is 2.93. The van der Waals surface area contributed by atoms with Crippen LogP contribution < -0.4 is 4.90 Å². The summed E-state index contributed by atoms with van der Waals surface area (Å²) >= 11 is 0. The summed E-state index contributed by atoms with van der Waals surface area (Å²) in [4.78, 5) is 11.9. The summed E-state index contributed by atoms with van der Waals surface area (Å²) < 4.78 is 0. The molecule has 2 aliphatic rings. The van der Waals surface area contributed by atoms with Gasteiger partial charge in [-0.25, -0.2) is 0 Å². The Labute approximate surface area is 218 Å². The van der Waals surface area contributed by atoms with E-state index in [1.54, 1.807) is 0 Å². The minimum atomic E-state index is -0.214. The second-order valence-electron chi connectivity index (χ2n) is 11.2. The predicted molar refractivity (Wildman–Crippen MR) is 152 cm³/mol. The molecule has 0 atom stereocenters. The highest BCUT2D eigenvalue weighted by Crippen LogP contribution is 2.60. The fourth-order valence-corrected chi connectivity index (χ4v) is 6.29. The lowest BCUT2D eigenvalue weighted by Crippen LogP contribution is -2.38. The van der Waals surface area contributed by atoms with Crippen molar-refractivity contribution in [1.29, 1.82) is 0 Å². The van der Waals surface area contributed by atoms with E-state index in [1.807, 2.05) is 24.5 Å². The Balaban J connectivity index is 1.57. The van der Waals surface area contributed by atoms with E-state index in [2.05, 4.69) is 116 Å². The van der Waals surface area contributed by atoms with Crippen molar-refractivity contribution in [3.05, 3.63) is 126 Å². The molecule has 180 valence electrons. The van der Waals surface area contributed by atoms with E-state index in [0.717, 1.165) is 17.0 Å². The van der Waals surface area contributed by atoms with Gasteiger partial charge in [0.1, 0.15) is 0 Å². The summed E-state index contributed by atoms with van der Waals surface area (Å²) in [5.74, 6) is 0. The zero-order valence-electron chi connectivity index (χ0n) is 21.7. The van der Waals surface area contributed by atoms with Gasteiger partial charge >= 0.3 is 0 Å². The molecule has 7 rings (SSSR count). The molecule has 0 aliphatic carbocycles. The van der Waals surface area contributed by atoms with E-state index in [1.165, 1.54) is 44.9 Å². The van der Waals surface area contributed by atoms with Crippen molar-refractivity contribution in [2.75, 3.05) is 4.90 Å². The van der Waals surface area contributed by atoms with Crippen molar-refractivity contribution in [2.24, 2.45) is 0 Å². The first kappa shape index (κ1) is 22.0. The molecule has 0 N–H and O–H groups in total. The van der Waals surface area contributed by atoms with E-state index in [4.69, 9.17) is 4.98 Å². The van der Waals surface area contributed by atoms with Crippen molar-refractivity contribution < 1.29 is 0 Å². The van der Waals surface area contributed by atoms with Crippen LogP contribution in [0.5, 0.6) is 0 Å². The monoisotopic (exact) mass is 479 g/mol. The van der Waals surface area contributed by atoms with Gasteiger partial charge in [-0.3, -0.25) is 9.97 Å². The minimum Gasteiger partial charge on any atom is -0.309 e. The Hall–Kier alpha value is -4.24. The normalized spacial score (nSPS) is 15.9. The first-order chi connectivity index (χ1) is 17.9. The highest BCUT2D eigenvalue weighted by molar-refractivity contribution is 5.94. The number of rotatable bonds is 2. The maximum atomic E-state index is 4.73. The van der Waals surface area contributed by atoms with Gasteiger partial charge in [-0.05, 0) is 76.9 Å². The van der Waals surface area contributed by atoms with Crippen molar-refractivity contribution in [1.82, 2.24) is 9.97 Å². The van der Waals surface area contributed by atoms with Gasteiger partial charge in [-0.2, -0.15) is 0 Å². The molecule has 37 heavy (non-hydrogen) atoms. The molecule has 3 heteroatoms. The topological polar surface area (TPSA) is 29.0 Å². The summed E-state index contributed by atoms with van der Waals surface area (Å²) in [5, 5.41) is 0. The molecule has 0 saturated carbocycles. The number of para-hydroxylation sites is 1. The van der Waals surface area contributed by atoms with Crippen LogP contribution in [0.15, 0.2) is 103 Å². The van der Waals surface area contributed by atoms with Crippen LogP contribution in [0.25, 0.3) is 22.5 Å². The van der Waals surface area contributed by atoms with Crippen LogP contribution in [-0.2, 0) is 10.8 Å². The molecule has 0 fully saturated rings. The summed E-state index contributed by atoms with van der Waals surface area (Å²) in [6, 6.07) is 32.7. The van der Waals surface area contributed by atoms with Gasteiger partial charge in [-0.15, -0.1) is 0 Å². The Morgan fingerprint density at radius 3 is 1.70 bits per heavy atom. The fraction of sp³-hybridized carbons (Fsp3) is 0.176. The molecule has 3 aromatic carbocycles. The summed E-state index contributed by atoms with van der Waals surface area (Å²) in [7, 11) is 0. The van der Waals surface area contributed by atoms with E-state index in [0.29, 0.717) is 0 Å². The SMILES string of the molecule is CC1(C)c2ccccc2N2c3ccc(-c4ccccn4)cc3C(C)(C)c3cc(-c4ccccn4)cc1c32. The Bertz CT molecular complexity index is 1670. The molecule has 5 aromatic rings. The lowest BCUT2D eigenvalue weighted by Gasteiger charge is -2.49. The number of aromatic nitrogens is 2. The number of hydrogen-bond donors (Lipinski definition) is 0. The maximum Gasteiger partial charge on any atom is 0.0702 e. The quantitative estimate of drug-likeness (QED) is 0.254. The van der Waals surface area contributed by atoms with Gasteiger partial charge in [0, 0.05) is 34.4 Å². The molecule has 0 amide bonds. The maximum absolute atomic E-state index is 4.73. The third-order valence-electron chi connectivity index (χ3n) is 8.33. The average molecular weight is 480 g/mol. The predicted octanol–water partition coefficient (Wildman–Crippen LogP) is 8.56. The lowest BCUT2D eigenvalue weighted by atomic mass is 9.65. The highest BCUT2D eigenvalue weighted by Gasteiger charge is 2.45. The van der Waals surface area contributed by atoms with E-state index in [-0.39, 0.29) is 10.8 Å². The number of nitrogens with zero attached hydrogens (tertiary/aromatic N) is 3. The molecule has 2 aromatic heterocycles. The molecule has 4 heterocycles. The van der Waals surface area contributed by atoms with Crippen molar-refractivity contribution in [3.63, 3.8) is 0 Å². The van der Waals surface area contributed by atoms with Crippen LogP contribution in [0.4, 0.5) is 17.1 Å². The van der Waals surface area contributed by atoms with Crippen molar-refractivity contribution in [3.8, 4) is 22.5 Å². The summed E-state index contributed by atoms with van der Waals surface area (Å²) in [6.45, 7) is 9.43. The van der Waals surface area contributed by atoms with E-state index < -0.39 is 0 Å². The first-order valence-corrected chi connectivity index (χ1v) is 12.9. The molecule has 0 bridgehead atoms. The second-order valence-corrected chi connectivity index (χ2v) is 11.2. The van der Waals surface area contributed by atoms with Gasteiger partial charge in [-0.1, -0.05) is 64.1 Å². The fourth-order valence-electron chi connectivity index (χ4n) is 6.29. The van der Waals surface area contributed by atoms with Crippen LogP contribution in [0.2, 0.25) is 0 Å². The molecular weight excluding hydrogens is 450 g/mol. The number of anilines is 3. The molecule has 0 spiro atoms. The van der Waals surface area contributed by atoms with Crippen LogP contribution in [-0.4, -0.2) is 9.97 Å². The number of hydrogen-bond acceptors (Lipinski definition) is 3. The third-order valence-corrected chi connectivity index (χ3v) is 8.33.